The Hall–Kier alpha value is -1.57. The van der Waals surface area contributed by atoms with Gasteiger partial charge < -0.3 is 4.42 Å². The van der Waals surface area contributed by atoms with Gasteiger partial charge >= 0.3 is 0 Å². The fourth-order valence-corrected chi connectivity index (χ4v) is 3.23. The predicted octanol–water partition coefficient (Wildman–Crippen LogP) is 4.76. The van der Waals surface area contributed by atoms with E-state index in [9.17, 15) is 4.79 Å². The molecule has 100 valence electrons. The quantitative estimate of drug-likeness (QED) is 0.738. The molecule has 1 aliphatic carbocycles. The summed E-state index contributed by atoms with van der Waals surface area (Å²) in [5, 5.41) is 0.988. The van der Waals surface area contributed by atoms with E-state index in [1.165, 1.54) is 25.7 Å². The smallest absolute Gasteiger partial charge is 0.167 e. The normalized spacial score (nSPS) is 16.3. The van der Waals surface area contributed by atoms with Gasteiger partial charge in [-0.15, -0.1) is 0 Å². The van der Waals surface area contributed by atoms with Gasteiger partial charge in [0.25, 0.3) is 0 Å². The van der Waals surface area contributed by atoms with E-state index in [0.29, 0.717) is 12.3 Å². The van der Waals surface area contributed by atoms with Gasteiger partial charge in [0, 0.05) is 18.2 Å². The number of carbonyl (C=O) groups is 1. The van der Waals surface area contributed by atoms with Crippen molar-refractivity contribution in [1.29, 1.82) is 0 Å². The molecule has 0 unspecified atom stereocenters. The summed E-state index contributed by atoms with van der Waals surface area (Å²) in [5.74, 6) is 1.71. The Kier molecular flexibility index (Phi) is 3.41. The van der Waals surface area contributed by atoms with Gasteiger partial charge in [-0.1, -0.05) is 50.8 Å². The number of carbonyl (C=O) groups excluding carboxylic acids is 1. The Bertz CT molecular complexity index is 588. The highest BCUT2D eigenvalue weighted by atomic mass is 16.3. The molecule has 2 heteroatoms. The van der Waals surface area contributed by atoms with Gasteiger partial charge in [0.2, 0.25) is 0 Å². The highest BCUT2D eigenvalue weighted by Gasteiger charge is 2.24. The van der Waals surface area contributed by atoms with E-state index in [1.54, 1.807) is 0 Å². The molecule has 2 aromatic rings. The Morgan fingerprint density at radius 1 is 1.26 bits per heavy atom. The third-order valence-corrected chi connectivity index (χ3v) is 4.22. The lowest BCUT2D eigenvalue weighted by Gasteiger charge is -2.07. The van der Waals surface area contributed by atoms with Gasteiger partial charge in [-0.3, -0.25) is 4.79 Å². The van der Waals surface area contributed by atoms with Crippen molar-refractivity contribution < 1.29 is 9.21 Å². The SMILES string of the molecule is CCc1oc2ccccc2c1C(=O)CC1CCCC1. The van der Waals surface area contributed by atoms with Crippen LogP contribution in [0.4, 0.5) is 0 Å². The summed E-state index contributed by atoms with van der Waals surface area (Å²) in [6.07, 6.45) is 6.46. The number of hydrogen-bond acceptors (Lipinski definition) is 2. The number of furan rings is 1. The highest BCUT2D eigenvalue weighted by Crippen LogP contribution is 2.32. The number of rotatable bonds is 4. The molecule has 1 saturated carbocycles. The van der Waals surface area contributed by atoms with E-state index in [1.807, 2.05) is 31.2 Å². The van der Waals surface area contributed by atoms with Crippen LogP contribution in [0.1, 0.15) is 55.1 Å². The number of aryl methyl sites for hydroxylation is 1. The van der Waals surface area contributed by atoms with Crippen LogP contribution in [0.3, 0.4) is 0 Å². The second-order valence-electron chi connectivity index (χ2n) is 5.53. The van der Waals surface area contributed by atoms with Crippen LogP contribution in [-0.2, 0) is 6.42 Å². The van der Waals surface area contributed by atoms with Crippen molar-refractivity contribution in [2.24, 2.45) is 5.92 Å². The molecule has 0 saturated heterocycles. The summed E-state index contributed by atoms with van der Waals surface area (Å²) in [5.41, 5.74) is 1.68. The average molecular weight is 256 g/mol. The van der Waals surface area contributed by atoms with E-state index in [2.05, 4.69) is 0 Å². The van der Waals surface area contributed by atoms with E-state index in [4.69, 9.17) is 4.42 Å². The fourth-order valence-electron chi connectivity index (χ4n) is 3.23. The summed E-state index contributed by atoms with van der Waals surface area (Å²) in [6.45, 7) is 2.05. The van der Waals surface area contributed by atoms with Gasteiger partial charge in [0.05, 0.1) is 5.56 Å². The zero-order chi connectivity index (χ0) is 13.2. The summed E-state index contributed by atoms with van der Waals surface area (Å²) < 4.78 is 5.81. The number of benzene rings is 1. The molecule has 2 nitrogen and oxygen atoms in total. The van der Waals surface area contributed by atoms with Crippen molar-refractivity contribution in [2.45, 2.75) is 45.4 Å². The maximum absolute atomic E-state index is 12.6. The molecule has 0 N–H and O–H groups in total. The lowest BCUT2D eigenvalue weighted by molar-refractivity contribution is 0.0961. The monoisotopic (exact) mass is 256 g/mol. The number of ketones is 1. The van der Waals surface area contributed by atoms with Crippen LogP contribution in [0, 0.1) is 5.92 Å². The molecule has 1 aliphatic rings. The average Bonchev–Trinajstić information content (AvgIpc) is 3.04. The van der Waals surface area contributed by atoms with Gasteiger partial charge in [-0.25, -0.2) is 0 Å². The van der Waals surface area contributed by atoms with Crippen molar-refractivity contribution in [1.82, 2.24) is 0 Å². The molecule has 0 atom stereocenters. The van der Waals surface area contributed by atoms with Crippen molar-refractivity contribution in [2.75, 3.05) is 0 Å². The zero-order valence-electron chi connectivity index (χ0n) is 11.4. The Morgan fingerprint density at radius 3 is 2.74 bits per heavy atom. The van der Waals surface area contributed by atoms with Crippen LogP contribution in [-0.4, -0.2) is 5.78 Å². The maximum atomic E-state index is 12.6. The topological polar surface area (TPSA) is 30.2 Å². The molecule has 1 fully saturated rings. The fraction of sp³-hybridized carbons (Fsp3) is 0.471. The first-order valence-corrected chi connectivity index (χ1v) is 7.33. The molecule has 19 heavy (non-hydrogen) atoms. The van der Waals surface area contributed by atoms with E-state index >= 15 is 0 Å². The second kappa shape index (κ2) is 5.20. The molecule has 1 aromatic carbocycles. The first-order chi connectivity index (χ1) is 9.29. The Labute approximate surface area is 113 Å². The molecule has 3 rings (SSSR count). The lowest BCUT2D eigenvalue weighted by atomic mass is 9.95. The van der Waals surface area contributed by atoms with Crippen molar-refractivity contribution in [3.63, 3.8) is 0 Å². The minimum absolute atomic E-state index is 0.272. The molecule has 0 bridgehead atoms. The standard InChI is InChI=1S/C17H20O2/c1-2-15-17(13-9-5-6-10-16(13)19-15)14(18)11-12-7-3-4-8-12/h5-6,9-10,12H,2-4,7-8,11H2,1H3. The predicted molar refractivity (Wildman–Crippen MR) is 76.5 cm³/mol. The largest absolute Gasteiger partial charge is 0.460 e. The summed E-state index contributed by atoms with van der Waals surface area (Å²) in [4.78, 5) is 12.6. The third-order valence-electron chi connectivity index (χ3n) is 4.22. The van der Waals surface area contributed by atoms with Crippen LogP contribution in [0.25, 0.3) is 11.0 Å². The van der Waals surface area contributed by atoms with Crippen LogP contribution in [0.5, 0.6) is 0 Å². The maximum Gasteiger partial charge on any atom is 0.167 e. The minimum atomic E-state index is 0.272. The van der Waals surface area contributed by atoms with E-state index in [0.717, 1.165) is 28.7 Å². The minimum Gasteiger partial charge on any atom is -0.460 e. The molecule has 0 aliphatic heterocycles. The second-order valence-corrected chi connectivity index (χ2v) is 5.53. The van der Waals surface area contributed by atoms with Crippen molar-refractivity contribution >= 4 is 16.8 Å². The molecule has 0 radical (unpaired) electrons. The number of fused-ring (bicyclic) bond motifs is 1. The molecule has 0 spiro atoms. The highest BCUT2D eigenvalue weighted by molar-refractivity contribution is 6.08. The first kappa shape index (κ1) is 12.5. The Balaban J connectivity index is 1.95. The van der Waals surface area contributed by atoms with Crippen LogP contribution in [0.15, 0.2) is 28.7 Å². The number of hydrogen-bond donors (Lipinski definition) is 0. The van der Waals surface area contributed by atoms with Gasteiger partial charge in [-0.05, 0) is 12.0 Å². The molecular weight excluding hydrogens is 236 g/mol. The van der Waals surface area contributed by atoms with Crippen LogP contribution in [0.2, 0.25) is 0 Å². The van der Waals surface area contributed by atoms with Crippen LogP contribution < -0.4 is 0 Å². The molecule has 0 amide bonds. The zero-order valence-corrected chi connectivity index (χ0v) is 11.4. The van der Waals surface area contributed by atoms with E-state index < -0.39 is 0 Å². The van der Waals surface area contributed by atoms with Crippen molar-refractivity contribution in [3.8, 4) is 0 Å². The van der Waals surface area contributed by atoms with E-state index in [-0.39, 0.29) is 5.78 Å². The van der Waals surface area contributed by atoms with Gasteiger partial charge in [0.1, 0.15) is 11.3 Å². The first-order valence-electron chi connectivity index (χ1n) is 7.33. The van der Waals surface area contributed by atoms with Crippen LogP contribution >= 0.6 is 0 Å². The summed E-state index contributed by atoms with van der Waals surface area (Å²) >= 11 is 0. The molecule has 1 heterocycles. The van der Waals surface area contributed by atoms with Gasteiger partial charge in [-0.2, -0.15) is 0 Å². The molecule has 1 aromatic heterocycles. The Morgan fingerprint density at radius 2 is 2.00 bits per heavy atom. The number of para-hydroxylation sites is 1. The third kappa shape index (κ3) is 2.32. The molecular formula is C17H20O2. The van der Waals surface area contributed by atoms with Gasteiger partial charge in [0.15, 0.2) is 5.78 Å². The summed E-state index contributed by atoms with van der Waals surface area (Å²) in [6, 6.07) is 7.88. The summed E-state index contributed by atoms with van der Waals surface area (Å²) in [7, 11) is 0. The lowest BCUT2D eigenvalue weighted by Crippen LogP contribution is -2.07. The number of Topliss-reactive ketones (excluding diaryl/α,β-unsaturated/α-hetero) is 1. The van der Waals surface area contributed by atoms with Crippen molar-refractivity contribution in [3.05, 3.63) is 35.6 Å².